The highest BCUT2D eigenvalue weighted by atomic mass is 35.5. The summed E-state index contributed by atoms with van der Waals surface area (Å²) in [6.07, 6.45) is 0.671. The Hall–Kier alpha value is -1.19. The zero-order valence-corrected chi connectivity index (χ0v) is 9.42. The van der Waals surface area contributed by atoms with E-state index in [0.717, 1.165) is 11.1 Å². The Morgan fingerprint density at radius 3 is 2.47 bits per heavy atom. The van der Waals surface area contributed by atoms with Gasteiger partial charge in [-0.05, 0) is 31.0 Å². The Morgan fingerprint density at radius 2 is 2.00 bits per heavy atom. The molecule has 1 atom stereocenters. The summed E-state index contributed by atoms with van der Waals surface area (Å²) in [6, 6.07) is 4.42. The lowest BCUT2D eigenvalue weighted by molar-refractivity contribution is 0.402. The van der Waals surface area contributed by atoms with Crippen LogP contribution in [-0.2, 0) is 0 Å². The minimum absolute atomic E-state index is 0. The van der Waals surface area contributed by atoms with E-state index in [1.165, 1.54) is 12.1 Å². The predicted octanol–water partition coefficient (Wildman–Crippen LogP) is 2.49. The molecule has 3 nitrogen and oxygen atoms in total. The summed E-state index contributed by atoms with van der Waals surface area (Å²) < 4.78 is 0. The predicted molar refractivity (Wildman–Crippen MR) is 63.4 cm³/mol. The standard InChI is InChI=1S/C11H15NO2.ClH/c1-7(2)5-9(12)8-3-4-10(13)11(14)6-8;/h3-4,6,9,13-14H,1,5,12H2,2H3;1H/t9-;/m1./s1. The second-order valence-electron chi connectivity index (χ2n) is 3.52. The van der Waals surface area contributed by atoms with E-state index in [1.54, 1.807) is 6.07 Å². The first-order chi connectivity index (χ1) is 6.50. The molecule has 0 fully saturated rings. The van der Waals surface area contributed by atoms with Gasteiger partial charge in [0.15, 0.2) is 11.5 Å². The molecule has 0 aliphatic heterocycles. The van der Waals surface area contributed by atoms with Crippen molar-refractivity contribution in [2.45, 2.75) is 19.4 Å². The molecule has 0 saturated carbocycles. The normalized spacial score (nSPS) is 11.6. The van der Waals surface area contributed by atoms with Crippen molar-refractivity contribution in [1.29, 1.82) is 0 Å². The van der Waals surface area contributed by atoms with Crippen LogP contribution in [0.25, 0.3) is 0 Å². The molecule has 84 valence electrons. The van der Waals surface area contributed by atoms with Crippen LogP contribution in [-0.4, -0.2) is 10.2 Å². The molecule has 0 unspecified atom stereocenters. The third-order valence-electron chi connectivity index (χ3n) is 2.00. The molecule has 0 heterocycles. The van der Waals surface area contributed by atoms with Gasteiger partial charge in [0.2, 0.25) is 0 Å². The number of rotatable bonds is 3. The van der Waals surface area contributed by atoms with Crippen molar-refractivity contribution in [2.75, 3.05) is 0 Å². The molecule has 0 saturated heterocycles. The smallest absolute Gasteiger partial charge is 0.157 e. The van der Waals surface area contributed by atoms with Gasteiger partial charge < -0.3 is 15.9 Å². The Kier molecular flexibility index (Phi) is 5.19. The average Bonchev–Trinajstić information content (AvgIpc) is 2.08. The van der Waals surface area contributed by atoms with Crippen molar-refractivity contribution < 1.29 is 10.2 Å². The van der Waals surface area contributed by atoms with Gasteiger partial charge in [-0.3, -0.25) is 0 Å². The number of hydrogen-bond donors (Lipinski definition) is 3. The minimum Gasteiger partial charge on any atom is -0.504 e. The fourth-order valence-electron chi connectivity index (χ4n) is 1.26. The van der Waals surface area contributed by atoms with Gasteiger partial charge in [0.25, 0.3) is 0 Å². The maximum absolute atomic E-state index is 9.26. The number of halogens is 1. The zero-order valence-electron chi connectivity index (χ0n) is 8.60. The topological polar surface area (TPSA) is 66.5 Å². The minimum atomic E-state index is -0.181. The first-order valence-electron chi connectivity index (χ1n) is 4.42. The molecular formula is C11H16ClNO2. The first-order valence-corrected chi connectivity index (χ1v) is 4.42. The largest absolute Gasteiger partial charge is 0.504 e. The zero-order chi connectivity index (χ0) is 10.7. The average molecular weight is 230 g/mol. The van der Waals surface area contributed by atoms with Crippen LogP contribution >= 0.6 is 12.4 Å². The maximum Gasteiger partial charge on any atom is 0.157 e. The SMILES string of the molecule is C=C(C)C[C@@H](N)c1ccc(O)c(O)c1.Cl. The van der Waals surface area contributed by atoms with E-state index in [2.05, 4.69) is 6.58 Å². The fraction of sp³-hybridized carbons (Fsp3) is 0.273. The monoisotopic (exact) mass is 229 g/mol. The first kappa shape index (κ1) is 13.8. The summed E-state index contributed by atoms with van der Waals surface area (Å²) >= 11 is 0. The Morgan fingerprint density at radius 1 is 1.40 bits per heavy atom. The van der Waals surface area contributed by atoms with Gasteiger partial charge in [-0.1, -0.05) is 11.6 Å². The highest BCUT2D eigenvalue weighted by molar-refractivity contribution is 5.85. The molecule has 0 spiro atoms. The Balaban J connectivity index is 0.00000196. The summed E-state index contributed by atoms with van der Waals surface area (Å²) in [5.41, 5.74) is 7.65. The van der Waals surface area contributed by atoms with Gasteiger partial charge >= 0.3 is 0 Å². The summed E-state index contributed by atoms with van der Waals surface area (Å²) in [5.74, 6) is -0.268. The molecule has 0 aromatic heterocycles. The van der Waals surface area contributed by atoms with Crippen molar-refractivity contribution in [2.24, 2.45) is 5.73 Å². The second-order valence-corrected chi connectivity index (χ2v) is 3.52. The van der Waals surface area contributed by atoms with Crippen LogP contribution in [0.4, 0.5) is 0 Å². The van der Waals surface area contributed by atoms with Gasteiger partial charge in [-0.25, -0.2) is 0 Å². The summed E-state index contributed by atoms with van der Waals surface area (Å²) in [6.45, 7) is 5.67. The number of hydrogen-bond acceptors (Lipinski definition) is 3. The van der Waals surface area contributed by atoms with Crippen LogP contribution in [0.5, 0.6) is 11.5 Å². The van der Waals surface area contributed by atoms with Crippen molar-refractivity contribution in [3.63, 3.8) is 0 Å². The van der Waals surface area contributed by atoms with Crippen molar-refractivity contribution in [3.05, 3.63) is 35.9 Å². The van der Waals surface area contributed by atoms with Crippen molar-refractivity contribution in [3.8, 4) is 11.5 Å². The number of benzene rings is 1. The van der Waals surface area contributed by atoms with Crippen LogP contribution in [0, 0.1) is 0 Å². The van der Waals surface area contributed by atoms with Gasteiger partial charge in [-0.15, -0.1) is 19.0 Å². The molecule has 0 radical (unpaired) electrons. The number of aromatic hydroxyl groups is 2. The summed E-state index contributed by atoms with van der Waals surface area (Å²) in [5, 5.41) is 18.4. The molecular weight excluding hydrogens is 214 g/mol. The lowest BCUT2D eigenvalue weighted by atomic mass is 10.0. The van der Waals surface area contributed by atoms with E-state index in [-0.39, 0.29) is 29.9 Å². The van der Waals surface area contributed by atoms with Crippen molar-refractivity contribution >= 4 is 12.4 Å². The fourth-order valence-corrected chi connectivity index (χ4v) is 1.26. The van der Waals surface area contributed by atoms with Crippen molar-refractivity contribution in [1.82, 2.24) is 0 Å². The van der Waals surface area contributed by atoms with Crippen LogP contribution in [0.15, 0.2) is 30.4 Å². The number of phenols is 2. The molecule has 4 heteroatoms. The Bertz CT molecular complexity index is 352. The van der Waals surface area contributed by atoms with Gasteiger partial charge in [0, 0.05) is 6.04 Å². The third-order valence-corrected chi connectivity index (χ3v) is 2.00. The molecule has 0 amide bonds. The van der Waals surface area contributed by atoms with E-state index in [9.17, 15) is 5.11 Å². The molecule has 1 aromatic rings. The van der Waals surface area contributed by atoms with E-state index >= 15 is 0 Å². The van der Waals surface area contributed by atoms with E-state index in [0.29, 0.717) is 6.42 Å². The van der Waals surface area contributed by atoms with E-state index in [4.69, 9.17) is 10.8 Å². The van der Waals surface area contributed by atoms with Crippen LogP contribution in [0.2, 0.25) is 0 Å². The van der Waals surface area contributed by atoms with Gasteiger partial charge in [0.05, 0.1) is 0 Å². The number of nitrogens with two attached hydrogens (primary N) is 1. The molecule has 0 aliphatic carbocycles. The molecule has 4 N–H and O–H groups in total. The number of phenolic OH excluding ortho intramolecular Hbond substituents is 2. The Labute approximate surface area is 95.6 Å². The van der Waals surface area contributed by atoms with Crippen LogP contribution in [0.3, 0.4) is 0 Å². The molecule has 1 rings (SSSR count). The van der Waals surface area contributed by atoms with Gasteiger partial charge in [-0.2, -0.15) is 0 Å². The molecule has 0 aliphatic rings. The lowest BCUT2D eigenvalue weighted by Crippen LogP contribution is -2.10. The van der Waals surface area contributed by atoms with Crippen LogP contribution in [0.1, 0.15) is 24.9 Å². The highest BCUT2D eigenvalue weighted by Crippen LogP contribution is 2.28. The van der Waals surface area contributed by atoms with Gasteiger partial charge in [0.1, 0.15) is 0 Å². The van der Waals surface area contributed by atoms with Crippen LogP contribution < -0.4 is 5.73 Å². The third kappa shape index (κ3) is 3.81. The molecule has 15 heavy (non-hydrogen) atoms. The summed E-state index contributed by atoms with van der Waals surface area (Å²) in [4.78, 5) is 0. The van der Waals surface area contributed by atoms with E-state index in [1.807, 2.05) is 6.92 Å². The highest BCUT2D eigenvalue weighted by Gasteiger charge is 2.08. The van der Waals surface area contributed by atoms with E-state index < -0.39 is 0 Å². The second kappa shape index (κ2) is 5.63. The maximum atomic E-state index is 9.26. The quantitative estimate of drug-likeness (QED) is 0.551. The molecule has 1 aromatic carbocycles. The lowest BCUT2D eigenvalue weighted by Gasteiger charge is -2.12. The molecule has 0 bridgehead atoms. The summed E-state index contributed by atoms with van der Waals surface area (Å²) in [7, 11) is 0.